The fourth-order valence-corrected chi connectivity index (χ4v) is 5.80. The van der Waals surface area contributed by atoms with Gasteiger partial charge in [-0.2, -0.15) is 0 Å². The molecule has 0 heteroatoms. The molecule has 0 nitrogen and oxygen atoms in total. The van der Waals surface area contributed by atoms with Gasteiger partial charge in [-0.15, -0.1) is 0 Å². The Kier molecular flexibility index (Phi) is 27.0. The molecule has 0 aromatic carbocycles. The normalized spacial score (nSPS) is 14.5. The Bertz CT molecular complexity index is 383. The fraction of sp³-hybridized carbons (Fsp3) is 1.00. The number of hydrogen-bond acceptors (Lipinski definition) is 0. The summed E-state index contributed by atoms with van der Waals surface area (Å²) in [6.45, 7) is 14.5. The maximum absolute atomic E-state index is 2.51. The van der Waals surface area contributed by atoms with Crippen LogP contribution in [0.15, 0.2) is 0 Å². The van der Waals surface area contributed by atoms with E-state index in [9.17, 15) is 0 Å². The Labute approximate surface area is 225 Å². The number of unbranched alkanes of at least 4 members (excludes halogenated alkanes) is 14. The lowest BCUT2D eigenvalue weighted by molar-refractivity contribution is 0.371. The molecule has 0 aliphatic heterocycles. The first kappa shape index (κ1) is 35.0. The average Bonchev–Trinajstić information content (AvgIpc) is 2.81. The van der Waals surface area contributed by atoms with E-state index in [0.717, 1.165) is 23.7 Å². The average molecular weight is 493 g/mol. The summed E-state index contributed by atoms with van der Waals surface area (Å²) in [4.78, 5) is 0. The summed E-state index contributed by atoms with van der Waals surface area (Å²) in [6, 6.07) is 0. The molecule has 3 unspecified atom stereocenters. The van der Waals surface area contributed by atoms with Crippen molar-refractivity contribution in [3.8, 4) is 0 Å². The molecule has 0 aliphatic rings. The van der Waals surface area contributed by atoms with Gasteiger partial charge in [-0.3, -0.25) is 0 Å². The van der Waals surface area contributed by atoms with Gasteiger partial charge < -0.3 is 0 Å². The summed E-state index contributed by atoms with van der Waals surface area (Å²) in [5.41, 5.74) is 0. The first-order valence-electron chi connectivity index (χ1n) is 17.0. The molecule has 3 atom stereocenters. The maximum Gasteiger partial charge on any atom is -0.0443 e. The van der Waals surface area contributed by atoms with Gasteiger partial charge in [0.15, 0.2) is 0 Å². The number of rotatable bonds is 28. The van der Waals surface area contributed by atoms with Crippen molar-refractivity contribution >= 4 is 0 Å². The second-order valence-electron chi connectivity index (χ2n) is 13.2. The second-order valence-corrected chi connectivity index (χ2v) is 13.2. The Balaban J connectivity index is 3.35. The Morgan fingerprint density at radius 2 is 0.543 bits per heavy atom. The molecule has 0 amide bonds. The highest BCUT2D eigenvalue weighted by Gasteiger charge is 2.08. The number of hydrogen-bond donors (Lipinski definition) is 0. The smallest absolute Gasteiger partial charge is 0.0443 e. The van der Waals surface area contributed by atoms with E-state index >= 15 is 0 Å². The van der Waals surface area contributed by atoms with Crippen LogP contribution in [0.25, 0.3) is 0 Å². The molecule has 0 spiro atoms. The molecule has 0 heterocycles. The van der Waals surface area contributed by atoms with Crippen molar-refractivity contribution in [3.05, 3.63) is 0 Å². The van der Waals surface area contributed by atoms with Crippen LogP contribution in [0.1, 0.15) is 202 Å². The van der Waals surface area contributed by atoms with Crippen LogP contribution in [0.2, 0.25) is 0 Å². The summed E-state index contributed by atoms with van der Waals surface area (Å²) in [5.74, 6) is 3.71. The van der Waals surface area contributed by atoms with E-state index in [0.29, 0.717) is 0 Å². The van der Waals surface area contributed by atoms with E-state index in [-0.39, 0.29) is 0 Å². The Morgan fingerprint density at radius 1 is 0.286 bits per heavy atom. The molecule has 0 aromatic heterocycles. The summed E-state index contributed by atoms with van der Waals surface area (Å²) in [5, 5.41) is 0. The SMILES string of the molecule is CCCCCCCCCCCCCCCCCC(C)CCCC(C)CCCC(C)CCCC(C)C. The minimum Gasteiger partial charge on any atom is -0.0654 e. The minimum absolute atomic E-state index is 0.879. The highest BCUT2D eigenvalue weighted by molar-refractivity contribution is 4.61. The van der Waals surface area contributed by atoms with Crippen LogP contribution < -0.4 is 0 Å². The molecule has 0 saturated carbocycles. The molecule has 0 aliphatic carbocycles. The van der Waals surface area contributed by atoms with Crippen molar-refractivity contribution in [1.29, 1.82) is 0 Å². The molecule has 0 N–H and O–H groups in total. The standard InChI is InChI=1S/C35H72/c1-7-8-9-10-11-12-13-14-15-16-17-18-19-20-21-26-33(4)28-23-30-35(6)31-24-29-34(5)27-22-25-32(2)3/h32-35H,7-31H2,1-6H3. The first-order valence-corrected chi connectivity index (χ1v) is 17.0. The molecular weight excluding hydrogens is 420 g/mol. The highest BCUT2D eigenvalue weighted by atomic mass is 14.1. The van der Waals surface area contributed by atoms with Crippen molar-refractivity contribution in [3.63, 3.8) is 0 Å². The maximum atomic E-state index is 2.51. The zero-order chi connectivity index (χ0) is 26.0. The van der Waals surface area contributed by atoms with E-state index in [1.165, 1.54) is 161 Å². The fourth-order valence-electron chi connectivity index (χ4n) is 5.80. The lowest BCUT2D eigenvalue weighted by Gasteiger charge is -2.16. The van der Waals surface area contributed by atoms with Gasteiger partial charge >= 0.3 is 0 Å². The van der Waals surface area contributed by atoms with Crippen molar-refractivity contribution in [2.45, 2.75) is 202 Å². The van der Waals surface area contributed by atoms with Crippen LogP contribution in [0.4, 0.5) is 0 Å². The molecular formula is C35H72. The van der Waals surface area contributed by atoms with Gasteiger partial charge in [0, 0.05) is 0 Å². The van der Waals surface area contributed by atoms with Gasteiger partial charge in [0.05, 0.1) is 0 Å². The molecule has 212 valence electrons. The highest BCUT2D eigenvalue weighted by Crippen LogP contribution is 2.23. The van der Waals surface area contributed by atoms with Crippen molar-refractivity contribution in [2.24, 2.45) is 23.7 Å². The van der Waals surface area contributed by atoms with E-state index < -0.39 is 0 Å². The molecule has 0 rings (SSSR count). The molecule has 0 radical (unpaired) electrons. The van der Waals surface area contributed by atoms with Crippen LogP contribution in [-0.2, 0) is 0 Å². The summed E-state index contributed by atoms with van der Waals surface area (Å²) in [7, 11) is 0. The Morgan fingerprint density at radius 3 is 0.857 bits per heavy atom. The van der Waals surface area contributed by atoms with Crippen molar-refractivity contribution in [2.75, 3.05) is 0 Å². The van der Waals surface area contributed by atoms with Gasteiger partial charge in [-0.25, -0.2) is 0 Å². The van der Waals surface area contributed by atoms with Gasteiger partial charge in [0.25, 0.3) is 0 Å². The van der Waals surface area contributed by atoms with E-state index in [4.69, 9.17) is 0 Å². The zero-order valence-electron chi connectivity index (χ0n) is 26.0. The summed E-state index contributed by atoms with van der Waals surface area (Å²) in [6.07, 6.45) is 36.6. The Hall–Kier alpha value is 0. The third kappa shape index (κ3) is 28.4. The monoisotopic (exact) mass is 493 g/mol. The molecule has 0 saturated heterocycles. The predicted octanol–water partition coefficient (Wildman–Crippen LogP) is 13.3. The summed E-state index contributed by atoms with van der Waals surface area (Å²) < 4.78 is 0. The third-order valence-corrected chi connectivity index (χ3v) is 8.57. The van der Waals surface area contributed by atoms with Crippen molar-refractivity contribution < 1.29 is 0 Å². The predicted molar refractivity (Wildman–Crippen MR) is 163 cm³/mol. The van der Waals surface area contributed by atoms with E-state index in [2.05, 4.69) is 41.5 Å². The molecule has 35 heavy (non-hydrogen) atoms. The molecule has 0 fully saturated rings. The van der Waals surface area contributed by atoms with Crippen LogP contribution in [0.3, 0.4) is 0 Å². The first-order chi connectivity index (χ1) is 17.0. The largest absolute Gasteiger partial charge is 0.0654 e. The van der Waals surface area contributed by atoms with Gasteiger partial charge in [-0.05, 0) is 23.7 Å². The van der Waals surface area contributed by atoms with Crippen LogP contribution in [0, 0.1) is 23.7 Å². The lowest BCUT2D eigenvalue weighted by Crippen LogP contribution is -2.01. The van der Waals surface area contributed by atoms with Gasteiger partial charge in [0.2, 0.25) is 0 Å². The topological polar surface area (TPSA) is 0 Å². The van der Waals surface area contributed by atoms with Crippen LogP contribution >= 0.6 is 0 Å². The van der Waals surface area contributed by atoms with Crippen LogP contribution in [-0.4, -0.2) is 0 Å². The quantitative estimate of drug-likeness (QED) is 0.0952. The second kappa shape index (κ2) is 27.0. The minimum atomic E-state index is 0.879. The van der Waals surface area contributed by atoms with E-state index in [1.807, 2.05) is 0 Å². The van der Waals surface area contributed by atoms with Crippen LogP contribution in [0.5, 0.6) is 0 Å². The van der Waals surface area contributed by atoms with Gasteiger partial charge in [-0.1, -0.05) is 202 Å². The lowest BCUT2D eigenvalue weighted by atomic mass is 9.90. The third-order valence-electron chi connectivity index (χ3n) is 8.57. The summed E-state index contributed by atoms with van der Waals surface area (Å²) >= 11 is 0. The zero-order valence-corrected chi connectivity index (χ0v) is 26.0. The van der Waals surface area contributed by atoms with E-state index in [1.54, 1.807) is 0 Å². The van der Waals surface area contributed by atoms with Gasteiger partial charge in [0.1, 0.15) is 0 Å². The van der Waals surface area contributed by atoms with Crippen molar-refractivity contribution in [1.82, 2.24) is 0 Å². The molecule has 0 aromatic rings. The molecule has 0 bridgehead atoms.